The van der Waals surface area contributed by atoms with Crippen LogP contribution >= 0.6 is 23.1 Å². The molecule has 0 unspecified atom stereocenters. The van der Waals surface area contributed by atoms with E-state index in [0.29, 0.717) is 11.7 Å². The fourth-order valence-corrected chi connectivity index (χ4v) is 3.26. The van der Waals surface area contributed by atoms with Gasteiger partial charge in [-0.05, 0) is 6.26 Å². The molecule has 1 aliphatic rings. The van der Waals surface area contributed by atoms with E-state index in [0.717, 1.165) is 30.8 Å². The van der Waals surface area contributed by atoms with Crippen LogP contribution in [0.2, 0.25) is 0 Å². The summed E-state index contributed by atoms with van der Waals surface area (Å²) in [4.78, 5) is 26.9. The van der Waals surface area contributed by atoms with E-state index in [4.69, 9.17) is 0 Å². The quantitative estimate of drug-likeness (QED) is 0.687. The number of thiazole rings is 1. The lowest BCUT2D eigenvalue weighted by atomic mass is 10.1. The number of thioether (sulfide) groups is 1. The van der Waals surface area contributed by atoms with E-state index in [9.17, 15) is 4.79 Å². The summed E-state index contributed by atoms with van der Waals surface area (Å²) in [5, 5.41) is 0.708. The maximum atomic E-state index is 12.0. The molecular weight excluding hydrogens is 280 g/mol. The van der Waals surface area contributed by atoms with Crippen LogP contribution in [0.25, 0.3) is 0 Å². The second-order valence-corrected chi connectivity index (χ2v) is 6.19. The van der Waals surface area contributed by atoms with Crippen molar-refractivity contribution < 1.29 is 0 Å². The summed E-state index contributed by atoms with van der Waals surface area (Å²) < 4.78 is 0. The molecule has 2 aromatic heterocycles. The van der Waals surface area contributed by atoms with Crippen LogP contribution in [-0.4, -0.2) is 32.7 Å². The van der Waals surface area contributed by atoms with Crippen molar-refractivity contribution in [2.45, 2.75) is 24.7 Å². The van der Waals surface area contributed by atoms with Gasteiger partial charge in [-0.3, -0.25) is 14.7 Å². The molecule has 7 heteroatoms. The van der Waals surface area contributed by atoms with Gasteiger partial charge in [0.1, 0.15) is 0 Å². The van der Waals surface area contributed by atoms with Gasteiger partial charge in [-0.2, -0.15) is 0 Å². The molecule has 19 heavy (non-hydrogen) atoms. The molecule has 0 radical (unpaired) electrons. The van der Waals surface area contributed by atoms with Crippen molar-refractivity contribution in [3.63, 3.8) is 0 Å². The van der Waals surface area contributed by atoms with Crippen LogP contribution in [0.1, 0.15) is 16.1 Å². The number of aromatic nitrogens is 3. The zero-order chi connectivity index (χ0) is 13.2. The minimum atomic E-state index is 0.00311. The molecule has 1 N–H and O–H groups in total. The van der Waals surface area contributed by atoms with Crippen LogP contribution in [0, 0.1) is 0 Å². The molecule has 2 aromatic rings. The molecule has 3 rings (SSSR count). The molecule has 0 spiro atoms. The first-order valence-electron chi connectivity index (χ1n) is 6.02. The highest BCUT2D eigenvalue weighted by atomic mass is 32.2. The number of rotatable bonds is 3. The number of nitrogens with one attached hydrogen (secondary N) is 1. The summed E-state index contributed by atoms with van der Waals surface area (Å²) in [7, 11) is 0. The average molecular weight is 294 g/mol. The number of hydrogen-bond acceptors (Lipinski definition) is 6. The Balaban J connectivity index is 1.82. The number of hydrogen-bond donors (Lipinski definition) is 1. The molecule has 1 aliphatic heterocycles. The second-order valence-electron chi connectivity index (χ2n) is 4.43. The lowest BCUT2D eigenvalue weighted by molar-refractivity contribution is 0.243. The van der Waals surface area contributed by atoms with Crippen molar-refractivity contribution in [3.8, 4) is 0 Å². The smallest absolute Gasteiger partial charge is 0.256 e. The Hall–Kier alpha value is -1.18. The van der Waals surface area contributed by atoms with Crippen molar-refractivity contribution in [3.05, 3.63) is 38.2 Å². The molecular formula is C12H14N4OS2. The van der Waals surface area contributed by atoms with Crippen molar-refractivity contribution in [2.24, 2.45) is 0 Å². The highest BCUT2D eigenvalue weighted by Gasteiger charge is 2.21. The monoisotopic (exact) mass is 294 g/mol. The molecule has 0 saturated heterocycles. The molecule has 0 saturated carbocycles. The van der Waals surface area contributed by atoms with Gasteiger partial charge in [0, 0.05) is 37.1 Å². The van der Waals surface area contributed by atoms with Gasteiger partial charge in [0.15, 0.2) is 5.16 Å². The van der Waals surface area contributed by atoms with Gasteiger partial charge in [-0.25, -0.2) is 4.98 Å². The first-order valence-corrected chi connectivity index (χ1v) is 8.12. The predicted octanol–water partition coefficient (Wildman–Crippen LogP) is 1.51. The molecule has 5 nitrogen and oxygen atoms in total. The zero-order valence-corrected chi connectivity index (χ0v) is 12.2. The van der Waals surface area contributed by atoms with E-state index in [1.54, 1.807) is 11.3 Å². The van der Waals surface area contributed by atoms with E-state index >= 15 is 0 Å². The Morgan fingerprint density at radius 2 is 2.47 bits per heavy atom. The zero-order valence-electron chi connectivity index (χ0n) is 10.5. The van der Waals surface area contributed by atoms with Crippen molar-refractivity contribution in [1.82, 2.24) is 19.9 Å². The number of aromatic amines is 1. The van der Waals surface area contributed by atoms with Crippen LogP contribution < -0.4 is 5.56 Å². The summed E-state index contributed by atoms with van der Waals surface area (Å²) in [6.07, 6.45) is 4.65. The first kappa shape index (κ1) is 12.8. The Labute approximate surface area is 119 Å². The van der Waals surface area contributed by atoms with Gasteiger partial charge in [-0.15, -0.1) is 11.3 Å². The van der Waals surface area contributed by atoms with Crippen LogP contribution in [0.4, 0.5) is 0 Å². The third kappa shape index (κ3) is 2.72. The standard InChI is InChI=1S/C12H14N4OS2/c1-18-12-14-10-2-3-16(5-8-4-13-7-19-8)6-9(10)11(17)15-12/h4,7H,2-3,5-6H2,1H3,(H,14,15,17). The van der Waals surface area contributed by atoms with Gasteiger partial charge in [0.05, 0.1) is 16.8 Å². The van der Waals surface area contributed by atoms with Crippen molar-refractivity contribution >= 4 is 23.1 Å². The average Bonchev–Trinajstić information content (AvgIpc) is 2.92. The van der Waals surface area contributed by atoms with E-state index < -0.39 is 0 Å². The highest BCUT2D eigenvalue weighted by Crippen LogP contribution is 2.19. The summed E-state index contributed by atoms with van der Waals surface area (Å²) in [6, 6.07) is 0. The number of nitrogens with zero attached hydrogens (tertiary/aromatic N) is 3. The largest absolute Gasteiger partial charge is 0.301 e. The normalized spacial score (nSPS) is 15.4. The van der Waals surface area contributed by atoms with E-state index in [1.807, 2.05) is 18.0 Å². The van der Waals surface area contributed by atoms with Crippen molar-refractivity contribution in [2.75, 3.05) is 12.8 Å². The van der Waals surface area contributed by atoms with E-state index in [2.05, 4.69) is 19.9 Å². The van der Waals surface area contributed by atoms with Gasteiger partial charge >= 0.3 is 0 Å². The molecule has 0 bridgehead atoms. The molecule has 100 valence electrons. The van der Waals surface area contributed by atoms with Crippen LogP contribution in [-0.2, 0) is 19.5 Å². The molecule has 0 amide bonds. The van der Waals surface area contributed by atoms with Gasteiger partial charge < -0.3 is 4.98 Å². The predicted molar refractivity (Wildman–Crippen MR) is 76.6 cm³/mol. The number of fused-ring (bicyclic) bond motifs is 1. The highest BCUT2D eigenvalue weighted by molar-refractivity contribution is 7.98. The molecule has 3 heterocycles. The second kappa shape index (κ2) is 5.44. The summed E-state index contributed by atoms with van der Waals surface area (Å²) in [5.74, 6) is 0. The molecule has 0 atom stereocenters. The van der Waals surface area contributed by atoms with E-state index in [1.165, 1.54) is 16.6 Å². The Morgan fingerprint density at radius 1 is 1.58 bits per heavy atom. The maximum Gasteiger partial charge on any atom is 0.256 e. The van der Waals surface area contributed by atoms with Crippen LogP contribution in [0.3, 0.4) is 0 Å². The molecule has 0 aliphatic carbocycles. The molecule has 0 aromatic carbocycles. The third-order valence-electron chi connectivity index (χ3n) is 3.18. The summed E-state index contributed by atoms with van der Waals surface area (Å²) in [5.41, 5.74) is 3.61. The Morgan fingerprint density at radius 3 is 3.21 bits per heavy atom. The van der Waals surface area contributed by atoms with Gasteiger partial charge in [0.2, 0.25) is 0 Å². The van der Waals surface area contributed by atoms with Gasteiger partial charge in [-0.1, -0.05) is 11.8 Å². The van der Waals surface area contributed by atoms with Crippen molar-refractivity contribution in [1.29, 1.82) is 0 Å². The fraction of sp³-hybridized carbons (Fsp3) is 0.417. The third-order valence-corrected chi connectivity index (χ3v) is 4.53. The van der Waals surface area contributed by atoms with Gasteiger partial charge in [0.25, 0.3) is 5.56 Å². The lowest BCUT2D eigenvalue weighted by Gasteiger charge is -2.26. The Bertz CT molecular complexity index is 623. The summed E-state index contributed by atoms with van der Waals surface area (Å²) in [6.45, 7) is 2.47. The minimum absolute atomic E-state index is 0.00311. The number of H-pyrrole nitrogens is 1. The Kier molecular flexibility index (Phi) is 3.67. The molecule has 0 fully saturated rings. The SMILES string of the molecule is CSc1nc2c(c(=O)[nH]1)CN(Cc1cncs1)CC2. The van der Waals surface area contributed by atoms with Crippen LogP contribution in [0.15, 0.2) is 21.7 Å². The lowest BCUT2D eigenvalue weighted by Crippen LogP contribution is -2.35. The summed E-state index contributed by atoms with van der Waals surface area (Å²) >= 11 is 3.12. The maximum absolute atomic E-state index is 12.0. The topological polar surface area (TPSA) is 61.9 Å². The van der Waals surface area contributed by atoms with E-state index in [-0.39, 0.29) is 5.56 Å². The minimum Gasteiger partial charge on any atom is -0.301 e. The first-order chi connectivity index (χ1) is 9.26. The fourth-order valence-electron chi connectivity index (χ4n) is 2.23. The van der Waals surface area contributed by atoms with Crippen LogP contribution in [0.5, 0.6) is 0 Å².